The Hall–Kier alpha value is -2.79. The van der Waals surface area contributed by atoms with Gasteiger partial charge in [-0.25, -0.2) is 9.64 Å². The van der Waals surface area contributed by atoms with E-state index in [-0.39, 0.29) is 24.1 Å². The average Bonchev–Trinajstić information content (AvgIpc) is 3.19. The number of carbonyl (C=O) groups is 2. The van der Waals surface area contributed by atoms with Gasteiger partial charge in [0, 0.05) is 57.5 Å². The minimum Gasteiger partial charge on any atom is -0.393 e. The molecule has 0 bridgehead atoms. The summed E-state index contributed by atoms with van der Waals surface area (Å²) >= 11 is 0. The highest BCUT2D eigenvalue weighted by Gasteiger charge is 2.51. The molecule has 1 aromatic carbocycles. The van der Waals surface area contributed by atoms with Gasteiger partial charge >= 0.3 is 6.03 Å². The van der Waals surface area contributed by atoms with Gasteiger partial charge in [-0.1, -0.05) is 12.1 Å². The maximum atomic E-state index is 13.5. The number of amides is 3. The lowest BCUT2D eigenvalue weighted by atomic mass is 9.78. The van der Waals surface area contributed by atoms with Crippen molar-refractivity contribution in [2.75, 3.05) is 50.7 Å². The topological polar surface area (TPSA) is 71.7 Å². The third-order valence-electron chi connectivity index (χ3n) is 8.39. The smallest absolute Gasteiger partial charge is 0.320 e. The summed E-state index contributed by atoms with van der Waals surface area (Å²) in [4.78, 5) is 38.6. The molecule has 1 spiro atoms. The maximum Gasteiger partial charge on any atom is 0.320 e. The van der Waals surface area contributed by atoms with E-state index in [0.717, 1.165) is 76.8 Å². The molecule has 0 unspecified atom stereocenters. The highest BCUT2D eigenvalue weighted by Crippen LogP contribution is 2.42. The van der Waals surface area contributed by atoms with E-state index in [2.05, 4.69) is 14.6 Å². The quantitative estimate of drug-likeness (QED) is 0.682. The van der Waals surface area contributed by atoms with Gasteiger partial charge in [0.25, 0.3) is 0 Å². The minimum absolute atomic E-state index is 0.0640. The van der Waals surface area contributed by atoms with E-state index >= 15 is 0 Å². The molecule has 3 aliphatic heterocycles. The Morgan fingerprint density at radius 2 is 1.65 bits per heavy atom. The first-order valence-electron chi connectivity index (χ1n) is 12.7. The van der Waals surface area contributed by atoms with E-state index in [1.54, 1.807) is 0 Å². The summed E-state index contributed by atoms with van der Waals surface area (Å²) < 4.78 is 0. The van der Waals surface area contributed by atoms with Crippen molar-refractivity contribution in [3.05, 3.63) is 35.7 Å². The predicted molar refractivity (Wildman–Crippen MR) is 130 cm³/mol. The normalized spacial score (nSPS) is 30.1. The fourth-order valence-electron chi connectivity index (χ4n) is 6.33. The summed E-state index contributed by atoms with van der Waals surface area (Å²) in [5, 5.41) is 9.83. The molecule has 8 nitrogen and oxygen atoms in total. The number of aliphatic hydroxyl groups is 1. The molecular formula is C26H35N5O3. The molecule has 182 valence electrons. The largest absolute Gasteiger partial charge is 0.393 e. The number of likely N-dealkylation sites (tertiary alicyclic amines) is 2. The number of hydrogen-bond donors (Lipinski definition) is 1. The maximum absolute atomic E-state index is 13.5. The van der Waals surface area contributed by atoms with Gasteiger partial charge in [-0.05, 0) is 57.1 Å². The summed E-state index contributed by atoms with van der Waals surface area (Å²) in [5.41, 5.74) is 1.30. The lowest BCUT2D eigenvalue weighted by Crippen LogP contribution is -2.57. The second kappa shape index (κ2) is 9.46. The lowest BCUT2D eigenvalue weighted by Gasteiger charge is -2.43. The second-order valence-electron chi connectivity index (χ2n) is 10.4. The van der Waals surface area contributed by atoms with E-state index in [1.165, 1.54) is 0 Å². The second-order valence-corrected chi connectivity index (χ2v) is 10.4. The Labute approximate surface area is 201 Å². The Balaban J connectivity index is 1.18. The zero-order chi connectivity index (χ0) is 23.7. The van der Waals surface area contributed by atoms with Crippen molar-refractivity contribution in [2.24, 2.45) is 5.41 Å². The van der Waals surface area contributed by atoms with E-state index in [0.29, 0.717) is 25.3 Å². The highest BCUT2D eigenvalue weighted by atomic mass is 16.3. The van der Waals surface area contributed by atoms with Crippen LogP contribution in [0.1, 0.15) is 44.9 Å². The molecule has 4 fully saturated rings. The third-order valence-corrected chi connectivity index (χ3v) is 8.39. The van der Waals surface area contributed by atoms with Gasteiger partial charge < -0.3 is 24.7 Å². The number of piperidine rings is 1. The van der Waals surface area contributed by atoms with Crippen molar-refractivity contribution in [3.8, 4) is 0 Å². The van der Waals surface area contributed by atoms with Crippen molar-refractivity contribution in [3.63, 3.8) is 0 Å². The van der Waals surface area contributed by atoms with E-state index in [1.807, 2.05) is 34.1 Å². The van der Waals surface area contributed by atoms with Crippen molar-refractivity contribution < 1.29 is 14.7 Å². The van der Waals surface area contributed by atoms with Crippen LogP contribution in [0.3, 0.4) is 0 Å². The Kier molecular flexibility index (Phi) is 6.39. The molecule has 0 aromatic heterocycles. The van der Waals surface area contributed by atoms with Gasteiger partial charge in [0.05, 0.1) is 18.1 Å². The molecule has 3 saturated heterocycles. The number of hydrogen-bond acceptors (Lipinski definition) is 4. The Bertz CT molecular complexity index is 944. The van der Waals surface area contributed by atoms with Crippen LogP contribution in [0.4, 0.5) is 16.2 Å². The van der Waals surface area contributed by atoms with Gasteiger partial charge in [0.15, 0.2) is 5.69 Å². The molecule has 0 radical (unpaired) electrons. The van der Waals surface area contributed by atoms with Gasteiger partial charge in [0.1, 0.15) is 0 Å². The molecule has 3 heterocycles. The zero-order valence-electron chi connectivity index (χ0n) is 19.9. The Morgan fingerprint density at radius 1 is 0.941 bits per heavy atom. The number of benzene rings is 1. The summed E-state index contributed by atoms with van der Waals surface area (Å²) in [6.45, 7) is 12.0. The van der Waals surface area contributed by atoms with Crippen LogP contribution in [0.15, 0.2) is 24.3 Å². The average molecular weight is 466 g/mol. The fraction of sp³-hybridized carbons (Fsp3) is 0.654. The zero-order valence-corrected chi connectivity index (χ0v) is 19.9. The van der Waals surface area contributed by atoms with Gasteiger partial charge in [-0.15, -0.1) is 0 Å². The summed E-state index contributed by atoms with van der Waals surface area (Å²) in [6, 6.07) is 7.94. The van der Waals surface area contributed by atoms with Crippen LogP contribution in [0.5, 0.6) is 0 Å². The Morgan fingerprint density at radius 3 is 2.32 bits per heavy atom. The van der Waals surface area contributed by atoms with E-state index in [4.69, 9.17) is 6.57 Å². The number of nitrogens with zero attached hydrogens (tertiary/aromatic N) is 5. The predicted octanol–water partition coefficient (Wildman–Crippen LogP) is 3.10. The highest BCUT2D eigenvalue weighted by molar-refractivity contribution is 5.86. The van der Waals surface area contributed by atoms with Crippen LogP contribution in [-0.4, -0.2) is 89.7 Å². The molecule has 1 aliphatic carbocycles. The number of piperazine rings is 1. The molecule has 8 heteroatoms. The van der Waals surface area contributed by atoms with Gasteiger partial charge in [-0.3, -0.25) is 4.79 Å². The fourth-order valence-corrected chi connectivity index (χ4v) is 6.33. The first-order valence-corrected chi connectivity index (χ1v) is 12.7. The molecule has 3 amide bonds. The van der Waals surface area contributed by atoms with Crippen LogP contribution in [0.25, 0.3) is 4.85 Å². The first-order chi connectivity index (χ1) is 16.5. The molecule has 1 saturated carbocycles. The van der Waals surface area contributed by atoms with E-state index < -0.39 is 5.41 Å². The number of carbonyl (C=O) groups excluding carboxylic acids is 2. The van der Waals surface area contributed by atoms with Gasteiger partial charge in [0.2, 0.25) is 5.91 Å². The number of rotatable bonds is 2. The summed E-state index contributed by atoms with van der Waals surface area (Å²) in [5.74, 6) is 0.235. The number of aliphatic hydroxyl groups excluding tert-OH is 1. The lowest BCUT2D eigenvalue weighted by molar-refractivity contribution is -0.141. The molecule has 1 atom stereocenters. The SMILES string of the molecule is [C-]#[N+]c1ccc(N2CCN(C(=O)N3CCC[C@@]4(CCN(C5CCC(O)CC5)C4=O)C3)CC2)cc1. The molecule has 1 aromatic rings. The molecule has 5 rings (SSSR count). The number of urea groups is 1. The van der Waals surface area contributed by atoms with Crippen molar-refractivity contribution >= 4 is 23.3 Å². The van der Waals surface area contributed by atoms with Crippen LogP contribution < -0.4 is 4.90 Å². The third kappa shape index (κ3) is 4.34. The molecule has 1 N–H and O–H groups in total. The van der Waals surface area contributed by atoms with Crippen LogP contribution in [0.2, 0.25) is 0 Å². The van der Waals surface area contributed by atoms with Crippen LogP contribution in [0, 0.1) is 12.0 Å². The van der Waals surface area contributed by atoms with Crippen molar-refractivity contribution in [1.82, 2.24) is 14.7 Å². The van der Waals surface area contributed by atoms with Gasteiger partial charge in [-0.2, -0.15) is 0 Å². The van der Waals surface area contributed by atoms with Crippen molar-refractivity contribution in [1.29, 1.82) is 0 Å². The van der Waals surface area contributed by atoms with Crippen LogP contribution >= 0.6 is 0 Å². The van der Waals surface area contributed by atoms with E-state index in [9.17, 15) is 14.7 Å². The minimum atomic E-state index is -0.420. The standard InChI is InChI=1S/C26H35N5O3/c1-27-20-3-5-21(6-4-20)28-15-17-29(18-16-28)25(34)30-13-2-11-26(19-30)12-14-31(24(26)33)22-7-9-23(32)10-8-22/h3-6,22-23,32H,2,7-19H2/t22?,23?,26-/m1/s1. The number of anilines is 1. The molecule has 4 aliphatic rings. The summed E-state index contributed by atoms with van der Waals surface area (Å²) in [7, 11) is 0. The monoisotopic (exact) mass is 465 g/mol. The van der Waals surface area contributed by atoms with Crippen molar-refractivity contribution in [2.45, 2.75) is 57.1 Å². The molecular weight excluding hydrogens is 430 g/mol. The van der Waals surface area contributed by atoms with Crippen LogP contribution in [-0.2, 0) is 4.79 Å². The molecule has 34 heavy (non-hydrogen) atoms. The first kappa shape index (κ1) is 23.0. The summed E-state index contributed by atoms with van der Waals surface area (Å²) in [6.07, 6.45) is 5.70.